The lowest BCUT2D eigenvalue weighted by atomic mass is 9.90. The number of halogens is 2. The van der Waals surface area contributed by atoms with Crippen molar-refractivity contribution in [1.29, 1.82) is 0 Å². The van der Waals surface area contributed by atoms with Gasteiger partial charge in [-0.15, -0.1) is 0 Å². The Morgan fingerprint density at radius 1 is 0.912 bits per heavy atom. The number of nitrogens with zero attached hydrogens (tertiary/aromatic N) is 2. The van der Waals surface area contributed by atoms with Gasteiger partial charge in [0.15, 0.2) is 0 Å². The topological polar surface area (TPSA) is 31.9 Å². The molecule has 2 aromatic heterocycles. The lowest BCUT2D eigenvalue weighted by Crippen LogP contribution is -2.32. The summed E-state index contributed by atoms with van der Waals surface area (Å²) in [6, 6.07) is 18.0. The summed E-state index contributed by atoms with van der Waals surface area (Å²) in [5, 5.41) is 0. The molecule has 0 saturated carbocycles. The highest BCUT2D eigenvalue weighted by atomic mass is 19.1. The Balaban J connectivity index is 1.37. The van der Waals surface area contributed by atoms with Crippen molar-refractivity contribution in [2.24, 2.45) is 0 Å². The van der Waals surface area contributed by atoms with Gasteiger partial charge in [0.2, 0.25) is 0 Å². The fourth-order valence-electron chi connectivity index (χ4n) is 5.51. The van der Waals surface area contributed by atoms with Gasteiger partial charge < -0.3 is 4.98 Å². The summed E-state index contributed by atoms with van der Waals surface area (Å²) in [5.41, 5.74) is 7.71. The lowest BCUT2D eigenvalue weighted by molar-refractivity contribution is 0.286. The first kappa shape index (κ1) is 21.0. The standard InChI is InChI=1S/C29H25F2N3/c30-24-6-4-20(5-7-24)29-28(19-8-11-32-12-9-19)27(17-33-29)22-10-13-34-18-23(16-26(34)15-22)21-2-1-3-25(31)14-21/h1-9,11-12,14-15,17,23,26,33H,10,13,16,18H2/t23-,26-/m1/s1. The molecule has 2 aromatic carbocycles. The van der Waals surface area contributed by atoms with Gasteiger partial charge in [0, 0.05) is 48.8 Å². The van der Waals surface area contributed by atoms with Crippen molar-refractivity contribution in [2.45, 2.75) is 24.8 Å². The van der Waals surface area contributed by atoms with E-state index in [1.165, 1.54) is 29.3 Å². The third-order valence-electron chi connectivity index (χ3n) is 7.16. The Morgan fingerprint density at radius 3 is 2.53 bits per heavy atom. The van der Waals surface area contributed by atoms with E-state index in [1.54, 1.807) is 24.5 Å². The lowest BCUT2D eigenvalue weighted by Gasteiger charge is -2.28. The number of fused-ring (bicyclic) bond motifs is 1. The van der Waals surface area contributed by atoms with Crippen LogP contribution in [-0.2, 0) is 0 Å². The van der Waals surface area contributed by atoms with Crippen molar-refractivity contribution >= 4 is 5.57 Å². The number of H-pyrrole nitrogens is 1. The van der Waals surface area contributed by atoms with Crippen molar-refractivity contribution in [3.8, 4) is 22.4 Å². The predicted octanol–water partition coefficient (Wildman–Crippen LogP) is 6.67. The second kappa shape index (κ2) is 8.65. The molecule has 6 rings (SSSR count). The zero-order valence-corrected chi connectivity index (χ0v) is 18.7. The molecule has 0 unspecified atom stereocenters. The molecule has 170 valence electrons. The van der Waals surface area contributed by atoms with Crippen LogP contribution in [0.3, 0.4) is 0 Å². The van der Waals surface area contributed by atoms with E-state index in [4.69, 9.17) is 0 Å². The molecule has 3 nitrogen and oxygen atoms in total. The average Bonchev–Trinajstić information content (AvgIpc) is 3.49. The molecular weight excluding hydrogens is 428 g/mol. The van der Waals surface area contributed by atoms with Gasteiger partial charge in [0.1, 0.15) is 11.6 Å². The molecule has 0 aliphatic carbocycles. The first-order valence-corrected chi connectivity index (χ1v) is 11.7. The molecule has 0 radical (unpaired) electrons. The van der Waals surface area contributed by atoms with Crippen LogP contribution in [-0.4, -0.2) is 34.0 Å². The zero-order chi connectivity index (χ0) is 23.1. The van der Waals surface area contributed by atoms with E-state index in [9.17, 15) is 8.78 Å². The van der Waals surface area contributed by atoms with Crippen LogP contribution in [0.25, 0.3) is 28.0 Å². The number of aromatic nitrogens is 2. The van der Waals surface area contributed by atoms with Crippen LogP contribution in [0.5, 0.6) is 0 Å². The van der Waals surface area contributed by atoms with Gasteiger partial charge in [0.05, 0.1) is 5.69 Å². The molecule has 0 spiro atoms. The minimum Gasteiger partial charge on any atom is -0.360 e. The maximum atomic E-state index is 13.8. The van der Waals surface area contributed by atoms with Crippen LogP contribution < -0.4 is 0 Å². The van der Waals surface area contributed by atoms with Crippen molar-refractivity contribution in [3.05, 3.63) is 108 Å². The number of benzene rings is 2. The Kier molecular flexibility index (Phi) is 5.34. The van der Waals surface area contributed by atoms with E-state index in [0.29, 0.717) is 12.0 Å². The number of hydrogen-bond donors (Lipinski definition) is 1. The van der Waals surface area contributed by atoms with E-state index in [1.807, 2.05) is 30.3 Å². The molecular formula is C29H25F2N3. The monoisotopic (exact) mass is 453 g/mol. The molecule has 2 aliphatic rings. The molecule has 2 atom stereocenters. The maximum absolute atomic E-state index is 13.8. The summed E-state index contributed by atoms with van der Waals surface area (Å²) in [5.74, 6) is -0.0663. The number of nitrogens with one attached hydrogen (secondary N) is 1. The smallest absolute Gasteiger partial charge is 0.123 e. The van der Waals surface area contributed by atoms with Crippen molar-refractivity contribution in [2.75, 3.05) is 13.1 Å². The molecule has 34 heavy (non-hydrogen) atoms. The first-order chi connectivity index (χ1) is 16.7. The van der Waals surface area contributed by atoms with Crippen molar-refractivity contribution < 1.29 is 8.78 Å². The highest BCUT2D eigenvalue weighted by Gasteiger charge is 2.34. The third-order valence-corrected chi connectivity index (χ3v) is 7.16. The minimum absolute atomic E-state index is 0.166. The van der Waals surface area contributed by atoms with Gasteiger partial charge in [-0.2, -0.15) is 0 Å². The zero-order valence-electron chi connectivity index (χ0n) is 18.7. The number of aromatic amines is 1. The van der Waals surface area contributed by atoms with Gasteiger partial charge in [-0.25, -0.2) is 8.78 Å². The maximum Gasteiger partial charge on any atom is 0.123 e. The third kappa shape index (κ3) is 3.86. The summed E-state index contributed by atoms with van der Waals surface area (Å²) < 4.78 is 27.4. The molecule has 4 aromatic rings. The normalized spacial score (nSPS) is 20.2. The summed E-state index contributed by atoms with van der Waals surface area (Å²) in [7, 11) is 0. The minimum atomic E-state index is -0.245. The second-order valence-corrected chi connectivity index (χ2v) is 9.19. The predicted molar refractivity (Wildman–Crippen MR) is 131 cm³/mol. The number of pyridine rings is 1. The van der Waals surface area contributed by atoms with E-state index in [0.717, 1.165) is 53.9 Å². The fraction of sp³-hybridized carbons (Fsp3) is 0.207. The van der Waals surface area contributed by atoms with E-state index in [-0.39, 0.29) is 11.6 Å². The van der Waals surface area contributed by atoms with Crippen LogP contribution in [0.2, 0.25) is 0 Å². The van der Waals surface area contributed by atoms with Crippen molar-refractivity contribution in [1.82, 2.24) is 14.9 Å². The Morgan fingerprint density at radius 2 is 1.74 bits per heavy atom. The Labute approximate surface area is 197 Å². The fourth-order valence-corrected chi connectivity index (χ4v) is 5.51. The number of hydrogen-bond acceptors (Lipinski definition) is 2. The largest absolute Gasteiger partial charge is 0.360 e. The van der Waals surface area contributed by atoms with Gasteiger partial charge in [0.25, 0.3) is 0 Å². The second-order valence-electron chi connectivity index (χ2n) is 9.19. The van der Waals surface area contributed by atoms with E-state index >= 15 is 0 Å². The van der Waals surface area contributed by atoms with Crippen molar-refractivity contribution in [3.63, 3.8) is 0 Å². The molecule has 1 saturated heterocycles. The quantitative estimate of drug-likeness (QED) is 0.374. The average molecular weight is 454 g/mol. The highest BCUT2D eigenvalue weighted by molar-refractivity contribution is 5.91. The van der Waals surface area contributed by atoms with Gasteiger partial charge in [-0.1, -0.05) is 18.2 Å². The molecule has 1 fully saturated rings. The van der Waals surface area contributed by atoms with Gasteiger partial charge >= 0.3 is 0 Å². The Hall–Kier alpha value is -3.57. The summed E-state index contributed by atoms with van der Waals surface area (Å²) in [4.78, 5) is 10.2. The SMILES string of the molecule is Fc1ccc(-c2[nH]cc(C3=C[C@@H]4C[C@@H](c5cccc(F)c5)CN4CC3)c2-c2ccncc2)cc1. The molecule has 0 bridgehead atoms. The van der Waals surface area contributed by atoms with Crippen LogP contribution in [0.1, 0.15) is 29.9 Å². The molecule has 0 amide bonds. The van der Waals surface area contributed by atoms with Gasteiger partial charge in [-0.05, 0) is 89.6 Å². The van der Waals surface area contributed by atoms with Gasteiger partial charge in [-0.3, -0.25) is 9.88 Å². The van der Waals surface area contributed by atoms with Crippen LogP contribution in [0.15, 0.2) is 85.3 Å². The molecule has 5 heteroatoms. The molecule has 2 aliphatic heterocycles. The molecule has 4 heterocycles. The highest BCUT2D eigenvalue weighted by Crippen LogP contribution is 2.42. The summed E-state index contributed by atoms with van der Waals surface area (Å²) in [6.07, 6.45) is 10.0. The van der Waals surface area contributed by atoms with Crippen LogP contribution >= 0.6 is 0 Å². The number of rotatable bonds is 4. The summed E-state index contributed by atoms with van der Waals surface area (Å²) in [6.45, 7) is 1.94. The molecule has 1 N–H and O–H groups in total. The summed E-state index contributed by atoms with van der Waals surface area (Å²) >= 11 is 0. The Bertz CT molecular complexity index is 1340. The van der Waals surface area contributed by atoms with E-state index in [2.05, 4.69) is 27.1 Å². The van der Waals surface area contributed by atoms with E-state index < -0.39 is 0 Å². The van der Waals surface area contributed by atoms with Crippen LogP contribution in [0, 0.1) is 11.6 Å². The van der Waals surface area contributed by atoms with Crippen LogP contribution in [0.4, 0.5) is 8.78 Å². The first-order valence-electron chi connectivity index (χ1n) is 11.7.